The maximum Gasteiger partial charge on any atom is 0.229 e. The number of carbonyl (C=O) groups is 1. The third-order valence-electron chi connectivity index (χ3n) is 5.61. The van der Waals surface area contributed by atoms with Crippen molar-refractivity contribution in [3.63, 3.8) is 0 Å². The molecular formula is C27H28N2O5S2. The van der Waals surface area contributed by atoms with Gasteiger partial charge < -0.3 is 9.47 Å². The average Bonchev–Trinajstić information content (AvgIpc) is 3.33. The van der Waals surface area contributed by atoms with E-state index in [1.807, 2.05) is 55.5 Å². The molecule has 1 amide bonds. The standard InChI is InChI=1S/C27H28N2O5S2/c1-3-34-23-11-7-12-24-26(23)28-27(35-24)29(19-20-9-5-4-6-10-20)25(30)13-8-18-36(31,32)22-16-14-21(33-2)15-17-22/h4-7,9-12,14-17H,3,8,13,18-19H2,1-2H3. The van der Waals surface area contributed by atoms with Crippen LogP contribution in [0.5, 0.6) is 11.5 Å². The molecule has 0 saturated carbocycles. The molecule has 0 radical (unpaired) electrons. The molecular weight excluding hydrogens is 496 g/mol. The molecule has 0 bridgehead atoms. The third-order valence-corrected chi connectivity index (χ3v) is 8.47. The molecule has 0 aliphatic rings. The molecule has 0 fully saturated rings. The minimum Gasteiger partial charge on any atom is -0.497 e. The van der Waals surface area contributed by atoms with Gasteiger partial charge in [0.05, 0.1) is 35.6 Å². The highest BCUT2D eigenvalue weighted by molar-refractivity contribution is 7.91. The number of methoxy groups -OCH3 is 1. The van der Waals surface area contributed by atoms with Crippen LogP contribution >= 0.6 is 11.3 Å². The highest BCUT2D eigenvalue weighted by Crippen LogP contribution is 2.35. The first-order chi connectivity index (χ1) is 17.4. The van der Waals surface area contributed by atoms with Crippen LogP contribution in [0, 0.1) is 0 Å². The molecule has 0 atom stereocenters. The lowest BCUT2D eigenvalue weighted by Crippen LogP contribution is -2.30. The molecule has 1 heterocycles. The van der Waals surface area contributed by atoms with E-state index in [9.17, 15) is 13.2 Å². The lowest BCUT2D eigenvalue weighted by Gasteiger charge is -2.20. The molecule has 7 nitrogen and oxygen atoms in total. The average molecular weight is 525 g/mol. The maximum absolute atomic E-state index is 13.4. The fourth-order valence-electron chi connectivity index (χ4n) is 3.78. The number of ether oxygens (including phenoxy) is 2. The minimum atomic E-state index is -3.52. The van der Waals surface area contributed by atoms with Gasteiger partial charge in [-0.25, -0.2) is 13.4 Å². The summed E-state index contributed by atoms with van der Waals surface area (Å²) in [7, 11) is -1.99. The van der Waals surface area contributed by atoms with Crippen molar-refractivity contribution in [2.45, 2.75) is 31.2 Å². The summed E-state index contributed by atoms with van der Waals surface area (Å²) in [6.07, 6.45) is 0.282. The Balaban J connectivity index is 1.53. The van der Waals surface area contributed by atoms with Gasteiger partial charge in [-0.3, -0.25) is 9.69 Å². The molecule has 0 saturated heterocycles. The Morgan fingerprint density at radius 1 is 1.00 bits per heavy atom. The Hall–Kier alpha value is -3.43. The van der Waals surface area contributed by atoms with Crippen LogP contribution in [0.1, 0.15) is 25.3 Å². The number of nitrogens with zero attached hydrogens (tertiary/aromatic N) is 2. The molecule has 36 heavy (non-hydrogen) atoms. The van der Waals surface area contributed by atoms with Gasteiger partial charge in [-0.1, -0.05) is 47.7 Å². The number of hydrogen-bond donors (Lipinski definition) is 0. The van der Waals surface area contributed by atoms with Crippen molar-refractivity contribution >= 4 is 42.4 Å². The van der Waals surface area contributed by atoms with Crippen molar-refractivity contribution in [2.24, 2.45) is 0 Å². The van der Waals surface area contributed by atoms with Gasteiger partial charge in [0.1, 0.15) is 17.0 Å². The summed E-state index contributed by atoms with van der Waals surface area (Å²) < 4.78 is 37.3. The molecule has 0 unspecified atom stereocenters. The molecule has 0 spiro atoms. The number of aromatic nitrogens is 1. The Morgan fingerprint density at radius 2 is 1.75 bits per heavy atom. The van der Waals surface area contributed by atoms with Gasteiger partial charge in [-0.15, -0.1) is 0 Å². The molecule has 0 aliphatic carbocycles. The van der Waals surface area contributed by atoms with E-state index in [4.69, 9.17) is 14.5 Å². The summed E-state index contributed by atoms with van der Waals surface area (Å²) in [4.78, 5) is 20.0. The number of para-hydroxylation sites is 1. The Labute approximate surface area is 215 Å². The normalized spacial score (nSPS) is 11.4. The van der Waals surface area contributed by atoms with E-state index in [-0.39, 0.29) is 29.4 Å². The van der Waals surface area contributed by atoms with Crippen LogP contribution in [0.25, 0.3) is 10.2 Å². The van der Waals surface area contributed by atoms with Gasteiger partial charge >= 0.3 is 0 Å². The molecule has 3 aromatic carbocycles. The molecule has 1 aromatic heterocycles. The van der Waals surface area contributed by atoms with Crippen LogP contribution in [-0.4, -0.2) is 38.8 Å². The zero-order valence-electron chi connectivity index (χ0n) is 20.2. The van der Waals surface area contributed by atoms with Crippen molar-refractivity contribution in [2.75, 3.05) is 24.4 Å². The third kappa shape index (κ3) is 6.03. The fraction of sp³-hybridized carbons (Fsp3) is 0.259. The van der Waals surface area contributed by atoms with Crippen LogP contribution in [-0.2, 0) is 21.2 Å². The van der Waals surface area contributed by atoms with Crippen molar-refractivity contribution in [1.29, 1.82) is 0 Å². The molecule has 9 heteroatoms. The number of fused-ring (bicyclic) bond motifs is 1. The van der Waals surface area contributed by atoms with Crippen LogP contribution in [0.15, 0.2) is 77.7 Å². The number of benzene rings is 3. The highest BCUT2D eigenvalue weighted by Gasteiger charge is 2.23. The first-order valence-corrected chi connectivity index (χ1v) is 14.1. The minimum absolute atomic E-state index is 0.0798. The van der Waals surface area contributed by atoms with Gasteiger partial charge in [0, 0.05) is 6.42 Å². The summed E-state index contributed by atoms with van der Waals surface area (Å²) >= 11 is 1.42. The van der Waals surface area contributed by atoms with Crippen LogP contribution < -0.4 is 14.4 Å². The van der Waals surface area contributed by atoms with Crippen molar-refractivity contribution in [3.05, 3.63) is 78.4 Å². The number of hydrogen-bond acceptors (Lipinski definition) is 7. The SMILES string of the molecule is CCOc1cccc2sc(N(Cc3ccccc3)C(=O)CCCS(=O)(=O)c3ccc(OC)cc3)nc12. The number of rotatable bonds is 11. The lowest BCUT2D eigenvalue weighted by atomic mass is 10.2. The molecule has 4 rings (SSSR count). The summed E-state index contributed by atoms with van der Waals surface area (Å²) in [6.45, 7) is 2.77. The predicted octanol–water partition coefficient (Wildman–Crippen LogP) is 5.49. The number of carbonyl (C=O) groups excluding carboxylic acids is 1. The first kappa shape index (κ1) is 25.7. The van der Waals surface area contributed by atoms with E-state index in [1.165, 1.54) is 30.6 Å². The second-order valence-electron chi connectivity index (χ2n) is 8.10. The topological polar surface area (TPSA) is 85.8 Å². The van der Waals surface area contributed by atoms with E-state index in [2.05, 4.69) is 0 Å². The van der Waals surface area contributed by atoms with Crippen molar-refractivity contribution < 1.29 is 22.7 Å². The summed E-state index contributed by atoms with van der Waals surface area (Å²) in [5.41, 5.74) is 1.67. The summed E-state index contributed by atoms with van der Waals surface area (Å²) in [5.74, 6) is 0.957. The fourth-order valence-corrected chi connectivity index (χ4v) is 6.09. The number of thiazole rings is 1. The smallest absolute Gasteiger partial charge is 0.229 e. The Morgan fingerprint density at radius 3 is 2.44 bits per heavy atom. The molecule has 0 N–H and O–H groups in total. The summed E-state index contributed by atoms with van der Waals surface area (Å²) in [6, 6.07) is 21.7. The molecule has 4 aromatic rings. The Bertz CT molecular complexity index is 1420. The number of sulfone groups is 1. The van der Waals surface area contributed by atoms with Gasteiger partial charge in [0.25, 0.3) is 0 Å². The van der Waals surface area contributed by atoms with Crippen molar-refractivity contribution in [1.82, 2.24) is 4.98 Å². The van der Waals surface area contributed by atoms with E-state index in [0.717, 1.165) is 10.3 Å². The lowest BCUT2D eigenvalue weighted by molar-refractivity contribution is -0.118. The molecule has 188 valence electrons. The largest absolute Gasteiger partial charge is 0.497 e. The second-order valence-corrected chi connectivity index (χ2v) is 11.2. The predicted molar refractivity (Wildman–Crippen MR) is 143 cm³/mol. The van der Waals surface area contributed by atoms with Crippen LogP contribution in [0.4, 0.5) is 5.13 Å². The van der Waals surface area contributed by atoms with E-state index >= 15 is 0 Å². The maximum atomic E-state index is 13.4. The van der Waals surface area contributed by atoms with Crippen LogP contribution in [0.3, 0.4) is 0 Å². The second kappa shape index (κ2) is 11.5. The van der Waals surface area contributed by atoms with E-state index in [1.54, 1.807) is 17.0 Å². The van der Waals surface area contributed by atoms with Gasteiger partial charge in [0.15, 0.2) is 15.0 Å². The zero-order valence-corrected chi connectivity index (χ0v) is 21.8. The first-order valence-electron chi connectivity index (χ1n) is 11.6. The van der Waals surface area contributed by atoms with Gasteiger partial charge in [-0.2, -0.15) is 0 Å². The number of amides is 1. The zero-order chi connectivity index (χ0) is 25.5. The Kier molecular flexibility index (Phi) is 8.22. The quantitative estimate of drug-likeness (QED) is 0.258. The number of anilines is 1. The highest BCUT2D eigenvalue weighted by atomic mass is 32.2. The van der Waals surface area contributed by atoms with Crippen LogP contribution in [0.2, 0.25) is 0 Å². The van der Waals surface area contributed by atoms with E-state index < -0.39 is 9.84 Å². The monoisotopic (exact) mass is 524 g/mol. The van der Waals surface area contributed by atoms with Crippen molar-refractivity contribution in [3.8, 4) is 11.5 Å². The van der Waals surface area contributed by atoms with Gasteiger partial charge in [-0.05, 0) is 55.3 Å². The summed E-state index contributed by atoms with van der Waals surface area (Å²) in [5, 5.41) is 0.559. The van der Waals surface area contributed by atoms with E-state index in [0.29, 0.717) is 35.3 Å². The molecule has 0 aliphatic heterocycles. The van der Waals surface area contributed by atoms with Gasteiger partial charge in [0.2, 0.25) is 5.91 Å².